The molecule has 0 aliphatic heterocycles. The summed E-state index contributed by atoms with van der Waals surface area (Å²) in [5.41, 5.74) is 0. The van der Waals surface area contributed by atoms with Crippen molar-refractivity contribution < 1.29 is 72.8 Å². The minimum absolute atomic E-state index is 0. The third kappa shape index (κ3) is 4.29. The van der Waals surface area contributed by atoms with Crippen LogP contribution < -0.4 is 37.7 Å². The monoisotopic (exact) mass is 342 g/mol. The van der Waals surface area contributed by atoms with Crippen molar-refractivity contribution >= 4 is 11.8 Å². The Bertz CT molecular complexity index is 676. The van der Waals surface area contributed by atoms with Crippen LogP contribution in [-0.4, -0.2) is 0 Å². The Labute approximate surface area is 153 Å². The van der Waals surface area contributed by atoms with Crippen LogP contribution in [0, 0.1) is 58.7 Å². The maximum Gasteiger partial charge on any atom is 1.00 e. The second kappa shape index (κ2) is 8.50. The van der Waals surface area contributed by atoms with Crippen LogP contribution in [0.1, 0.15) is 0 Å². The molecule has 2 rings (SSSR count). The van der Waals surface area contributed by atoms with E-state index < -0.39 is 56.3 Å². The van der Waals surface area contributed by atoms with E-state index in [-0.39, 0.29) is 49.5 Å². The van der Waals surface area contributed by atoms with Gasteiger partial charge in [0.2, 0.25) is 0 Å². The van der Waals surface area contributed by atoms with Gasteiger partial charge in [-0.15, -0.1) is 23.9 Å². The predicted molar refractivity (Wildman–Crippen MR) is 54.3 cm³/mol. The van der Waals surface area contributed by atoms with Crippen molar-refractivity contribution in [2.24, 2.45) is 0 Å². The molecule has 0 N–H and O–H groups in total. The van der Waals surface area contributed by atoms with Crippen molar-refractivity contribution in [2.45, 2.75) is 9.79 Å². The maximum atomic E-state index is 13.3. The molecule has 2 aromatic carbocycles. The maximum absolute atomic E-state index is 13.3. The first-order chi connectivity index (χ1) is 9.73. The van der Waals surface area contributed by atoms with E-state index in [0.29, 0.717) is 0 Å². The molecular formula is C12F8Li2S. The molecule has 0 nitrogen and oxygen atoms in total. The zero-order chi connectivity index (χ0) is 15.9. The SMILES string of the molecule is Fc1[c-]c(Sc2[c-]c(F)c(F)c(F)c2F)c(F)c(F)c1F.[Li+].[Li+]. The smallest absolute Gasteiger partial charge is 0.280 e. The third-order valence-electron chi connectivity index (χ3n) is 2.21. The van der Waals surface area contributed by atoms with Crippen LogP contribution in [0.2, 0.25) is 0 Å². The van der Waals surface area contributed by atoms with Gasteiger partial charge in [-0.25, -0.2) is 17.6 Å². The molecule has 0 saturated heterocycles. The molecule has 0 aliphatic carbocycles. The van der Waals surface area contributed by atoms with Crippen LogP contribution in [-0.2, 0) is 0 Å². The summed E-state index contributed by atoms with van der Waals surface area (Å²) in [7, 11) is 0. The van der Waals surface area contributed by atoms with Gasteiger partial charge in [0.25, 0.3) is 0 Å². The molecule has 2 aromatic rings. The summed E-state index contributed by atoms with van der Waals surface area (Å²) < 4.78 is 104. The van der Waals surface area contributed by atoms with Crippen LogP contribution >= 0.6 is 11.8 Å². The second-order valence-electron chi connectivity index (χ2n) is 3.52. The second-order valence-corrected chi connectivity index (χ2v) is 4.54. The van der Waals surface area contributed by atoms with E-state index in [2.05, 4.69) is 0 Å². The summed E-state index contributed by atoms with van der Waals surface area (Å²) in [6.45, 7) is 0. The predicted octanol–water partition coefficient (Wildman–Crippen LogP) is -1.44. The average Bonchev–Trinajstić information content (AvgIpc) is 2.45. The van der Waals surface area contributed by atoms with Gasteiger partial charge < -0.3 is 0 Å². The minimum atomic E-state index is -2.21. The van der Waals surface area contributed by atoms with Crippen LogP contribution in [0.3, 0.4) is 0 Å². The topological polar surface area (TPSA) is 0 Å². The Kier molecular flexibility index (Phi) is 8.29. The summed E-state index contributed by atoms with van der Waals surface area (Å²) in [6.07, 6.45) is 0. The number of benzene rings is 2. The van der Waals surface area contributed by atoms with Crippen molar-refractivity contribution in [1.29, 1.82) is 0 Å². The molecule has 0 heterocycles. The molecule has 0 atom stereocenters. The summed E-state index contributed by atoms with van der Waals surface area (Å²) >= 11 is -0.240. The van der Waals surface area contributed by atoms with Crippen LogP contribution in [0.5, 0.6) is 0 Å². The van der Waals surface area contributed by atoms with E-state index in [1.165, 1.54) is 12.1 Å². The molecule has 0 saturated carbocycles. The van der Waals surface area contributed by atoms with Crippen molar-refractivity contribution in [1.82, 2.24) is 0 Å². The Morgan fingerprint density at radius 3 is 1.09 bits per heavy atom. The van der Waals surface area contributed by atoms with Gasteiger partial charge >= 0.3 is 37.7 Å². The Balaban J connectivity index is 0.00000242. The van der Waals surface area contributed by atoms with Gasteiger partial charge in [0, 0.05) is 11.6 Å². The minimum Gasteiger partial charge on any atom is -0.280 e. The quantitative estimate of drug-likeness (QED) is 0.212. The molecule has 0 aliphatic rings. The molecule has 23 heavy (non-hydrogen) atoms. The number of hydrogen-bond donors (Lipinski definition) is 0. The van der Waals surface area contributed by atoms with Crippen molar-refractivity contribution in [2.75, 3.05) is 0 Å². The Hall–Kier alpha value is -0.575. The fourth-order valence-electron chi connectivity index (χ4n) is 1.25. The molecular weight excluding hydrogens is 342 g/mol. The molecule has 0 radical (unpaired) electrons. The number of hydrogen-bond acceptors (Lipinski definition) is 1. The van der Waals surface area contributed by atoms with E-state index in [9.17, 15) is 35.1 Å². The molecule has 0 amide bonds. The summed E-state index contributed by atoms with van der Waals surface area (Å²) in [4.78, 5) is -2.24. The zero-order valence-corrected chi connectivity index (χ0v) is 12.2. The van der Waals surface area contributed by atoms with Gasteiger partial charge in [-0.05, 0) is 0 Å². The fourth-order valence-corrected chi connectivity index (χ4v) is 2.09. The number of halogens is 8. The van der Waals surface area contributed by atoms with E-state index in [0.717, 1.165) is 0 Å². The van der Waals surface area contributed by atoms with Gasteiger partial charge in [-0.3, -0.25) is 17.6 Å². The molecule has 0 spiro atoms. The number of rotatable bonds is 2. The summed E-state index contributed by atoms with van der Waals surface area (Å²) in [5, 5.41) is 0. The molecule has 0 aromatic heterocycles. The Morgan fingerprint density at radius 1 is 0.478 bits per heavy atom. The van der Waals surface area contributed by atoms with E-state index in [1.807, 2.05) is 0 Å². The fraction of sp³-hybridized carbons (Fsp3) is 0. The molecule has 112 valence electrons. The first-order valence-electron chi connectivity index (χ1n) is 4.92. The third-order valence-corrected chi connectivity index (χ3v) is 3.18. The Morgan fingerprint density at radius 2 is 0.783 bits per heavy atom. The van der Waals surface area contributed by atoms with Gasteiger partial charge in [0.15, 0.2) is 0 Å². The van der Waals surface area contributed by atoms with Gasteiger partial charge in [0.1, 0.15) is 0 Å². The van der Waals surface area contributed by atoms with Crippen LogP contribution in [0.4, 0.5) is 35.1 Å². The molecule has 11 heteroatoms. The van der Waals surface area contributed by atoms with E-state index in [1.54, 1.807) is 0 Å². The standard InChI is InChI=1S/C12F8S.2Li/c13-3-1-5(9(17)11(19)7(3)15)21-6-2-4(14)8(16)12(20)10(6)18;;/q-2;2*+1. The van der Waals surface area contributed by atoms with Crippen molar-refractivity contribution in [3.63, 3.8) is 0 Å². The zero-order valence-electron chi connectivity index (χ0n) is 11.4. The normalized spacial score (nSPS) is 10.1. The largest absolute Gasteiger partial charge is 1.00 e. The van der Waals surface area contributed by atoms with Gasteiger partial charge in [-0.2, -0.15) is 0 Å². The van der Waals surface area contributed by atoms with Crippen molar-refractivity contribution in [3.05, 3.63) is 58.7 Å². The van der Waals surface area contributed by atoms with Crippen LogP contribution in [0.25, 0.3) is 0 Å². The summed E-state index contributed by atoms with van der Waals surface area (Å²) in [6, 6.07) is 2.79. The first kappa shape index (κ1) is 22.4. The van der Waals surface area contributed by atoms with Crippen LogP contribution in [0.15, 0.2) is 9.79 Å². The molecule has 0 unspecified atom stereocenters. The van der Waals surface area contributed by atoms with Gasteiger partial charge in [0.05, 0.1) is 34.9 Å². The van der Waals surface area contributed by atoms with E-state index in [4.69, 9.17) is 0 Å². The molecule has 0 fully saturated rings. The van der Waals surface area contributed by atoms with Crippen molar-refractivity contribution in [3.8, 4) is 0 Å². The average molecular weight is 342 g/mol. The van der Waals surface area contributed by atoms with Gasteiger partial charge in [-0.1, -0.05) is 9.79 Å². The van der Waals surface area contributed by atoms with E-state index >= 15 is 0 Å². The summed E-state index contributed by atoms with van der Waals surface area (Å²) in [5.74, 6) is -16.5. The first-order valence-corrected chi connectivity index (χ1v) is 5.74. The molecule has 0 bridgehead atoms.